The Morgan fingerprint density at radius 1 is 1.06 bits per heavy atom. The molecule has 4 aromatic rings. The largest absolute Gasteiger partial charge is 0.481 e. The second kappa shape index (κ2) is 8.46. The van der Waals surface area contributed by atoms with Gasteiger partial charge >= 0.3 is 6.18 Å². The highest BCUT2D eigenvalue weighted by atomic mass is 19.4. The molecule has 0 bridgehead atoms. The van der Waals surface area contributed by atoms with Gasteiger partial charge in [0, 0.05) is 30.2 Å². The Hall–Kier alpha value is -4.28. The van der Waals surface area contributed by atoms with Gasteiger partial charge < -0.3 is 10.1 Å². The lowest BCUT2D eigenvalue weighted by Gasteiger charge is -2.10. The summed E-state index contributed by atoms with van der Waals surface area (Å²) >= 11 is 0. The van der Waals surface area contributed by atoms with E-state index in [-0.39, 0.29) is 22.8 Å². The second-order valence-corrected chi connectivity index (χ2v) is 6.51. The molecule has 4 aromatic heterocycles. The highest BCUT2D eigenvalue weighted by Crippen LogP contribution is 2.33. The van der Waals surface area contributed by atoms with Gasteiger partial charge in [0.25, 0.3) is 5.91 Å². The summed E-state index contributed by atoms with van der Waals surface area (Å²) in [7, 11) is 1.46. The molecule has 1 amide bonds. The summed E-state index contributed by atoms with van der Waals surface area (Å²) in [6, 6.07) is 9.99. The Balaban J connectivity index is 1.59. The molecule has 0 spiro atoms. The number of nitrogens with one attached hydrogen (secondary N) is 1. The van der Waals surface area contributed by atoms with Gasteiger partial charge in [0.05, 0.1) is 30.3 Å². The number of nitrogens with zero attached hydrogens (tertiary/aromatic N) is 5. The number of amides is 1. The van der Waals surface area contributed by atoms with Crippen LogP contribution in [0.4, 0.5) is 19.0 Å². The zero-order valence-electron chi connectivity index (χ0n) is 16.5. The van der Waals surface area contributed by atoms with Crippen LogP contribution in [-0.4, -0.2) is 37.7 Å². The normalized spacial score (nSPS) is 11.2. The van der Waals surface area contributed by atoms with Crippen molar-refractivity contribution in [3.63, 3.8) is 0 Å². The van der Waals surface area contributed by atoms with Gasteiger partial charge in [-0.3, -0.25) is 9.78 Å². The summed E-state index contributed by atoms with van der Waals surface area (Å²) in [6.07, 6.45) is 0.836. The first-order valence-electron chi connectivity index (χ1n) is 9.20. The molecule has 0 saturated carbocycles. The number of aromatic nitrogens is 5. The number of halogens is 3. The van der Waals surface area contributed by atoms with E-state index in [2.05, 4.69) is 25.4 Å². The fraction of sp³-hybridized carbons (Fsp3) is 0.0952. The van der Waals surface area contributed by atoms with Crippen molar-refractivity contribution in [2.24, 2.45) is 0 Å². The highest BCUT2D eigenvalue weighted by Gasteiger charge is 2.36. The van der Waals surface area contributed by atoms with Crippen molar-refractivity contribution in [2.45, 2.75) is 6.18 Å². The van der Waals surface area contributed by atoms with Crippen LogP contribution >= 0.6 is 0 Å². The lowest BCUT2D eigenvalue weighted by molar-refractivity contribution is -0.142. The number of carbonyl (C=O) groups excluding carboxylic acids is 1. The molecule has 1 N–H and O–H groups in total. The van der Waals surface area contributed by atoms with Gasteiger partial charge in [-0.1, -0.05) is 0 Å². The van der Waals surface area contributed by atoms with Gasteiger partial charge in [0.1, 0.15) is 11.5 Å². The quantitative estimate of drug-likeness (QED) is 0.504. The van der Waals surface area contributed by atoms with Crippen LogP contribution in [0, 0.1) is 0 Å². The Kier molecular flexibility index (Phi) is 5.54. The Bertz CT molecular complexity index is 1220. The van der Waals surface area contributed by atoms with E-state index in [1.54, 1.807) is 12.1 Å². The van der Waals surface area contributed by atoms with E-state index in [4.69, 9.17) is 4.74 Å². The standard InChI is InChI=1S/C21H15F3N6O2/c1-32-19-7-4-14(11-27-19)20(31)28-18-6-5-15(12-26-18)30-17(21(22,23)24)9-16(29-30)13-3-2-8-25-10-13/h2-12H,1H3,(H,26,28,31). The molecule has 0 radical (unpaired) electrons. The molecule has 0 aliphatic carbocycles. The maximum atomic E-state index is 13.6. The summed E-state index contributed by atoms with van der Waals surface area (Å²) in [5.41, 5.74) is -0.0449. The van der Waals surface area contributed by atoms with Crippen molar-refractivity contribution in [1.29, 1.82) is 0 Å². The van der Waals surface area contributed by atoms with Gasteiger partial charge in [-0.25, -0.2) is 14.6 Å². The monoisotopic (exact) mass is 440 g/mol. The maximum absolute atomic E-state index is 13.6. The summed E-state index contributed by atoms with van der Waals surface area (Å²) in [6.45, 7) is 0. The number of carbonyl (C=O) groups is 1. The SMILES string of the molecule is COc1ccc(C(=O)Nc2ccc(-n3nc(-c4cccnc4)cc3C(F)(F)F)cn2)cn1. The lowest BCUT2D eigenvalue weighted by atomic mass is 10.2. The van der Waals surface area contributed by atoms with Crippen molar-refractivity contribution < 1.29 is 22.7 Å². The highest BCUT2D eigenvalue weighted by molar-refractivity contribution is 6.03. The summed E-state index contributed by atoms with van der Waals surface area (Å²) in [4.78, 5) is 24.2. The van der Waals surface area contributed by atoms with Crippen LogP contribution in [0.2, 0.25) is 0 Å². The first-order chi connectivity index (χ1) is 15.3. The minimum atomic E-state index is -4.64. The van der Waals surface area contributed by atoms with Crippen LogP contribution < -0.4 is 10.1 Å². The van der Waals surface area contributed by atoms with Gasteiger partial charge in [-0.15, -0.1) is 0 Å². The Morgan fingerprint density at radius 2 is 1.91 bits per heavy atom. The van der Waals surface area contributed by atoms with Crippen LogP contribution in [0.5, 0.6) is 5.88 Å². The summed E-state index contributed by atoms with van der Waals surface area (Å²) in [5.74, 6) is 0.0338. The van der Waals surface area contributed by atoms with Crippen LogP contribution in [0.1, 0.15) is 16.1 Å². The molecule has 0 aliphatic heterocycles. The second-order valence-electron chi connectivity index (χ2n) is 6.51. The molecule has 162 valence electrons. The predicted octanol–water partition coefficient (Wildman–Crippen LogP) is 4.00. The number of hydrogen-bond donors (Lipinski definition) is 1. The van der Waals surface area contributed by atoms with Gasteiger partial charge in [-0.05, 0) is 36.4 Å². The van der Waals surface area contributed by atoms with E-state index >= 15 is 0 Å². The molecule has 0 aromatic carbocycles. The van der Waals surface area contributed by atoms with Crippen LogP contribution in [-0.2, 0) is 6.18 Å². The topological polar surface area (TPSA) is 94.8 Å². The third-order valence-corrected chi connectivity index (χ3v) is 4.40. The molecular formula is C21H15F3N6O2. The zero-order valence-corrected chi connectivity index (χ0v) is 16.5. The third kappa shape index (κ3) is 4.41. The minimum absolute atomic E-state index is 0.0802. The fourth-order valence-electron chi connectivity index (χ4n) is 2.84. The molecule has 0 fully saturated rings. The van der Waals surface area contributed by atoms with Crippen LogP contribution in [0.3, 0.4) is 0 Å². The fourth-order valence-corrected chi connectivity index (χ4v) is 2.84. The Labute approximate surface area is 179 Å². The third-order valence-electron chi connectivity index (χ3n) is 4.40. The smallest absolute Gasteiger partial charge is 0.433 e. The number of rotatable bonds is 5. The van der Waals surface area contributed by atoms with Crippen molar-refractivity contribution in [3.05, 3.63) is 78.5 Å². The Morgan fingerprint density at radius 3 is 2.50 bits per heavy atom. The molecule has 0 unspecified atom stereocenters. The molecule has 0 aliphatic rings. The van der Waals surface area contributed by atoms with E-state index in [0.717, 1.165) is 10.7 Å². The lowest BCUT2D eigenvalue weighted by Crippen LogP contribution is -2.15. The number of pyridine rings is 3. The first-order valence-corrected chi connectivity index (χ1v) is 9.20. The molecule has 8 nitrogen and oxygen atoms in total. The van der Waals surface area contributed by atoms with E-state index < -0.39 is 17.8 Å². The summed E-state index contributed by atoms with van der Waals surface area (Å²) < 4.78 is 46.5. The number of anilines is 1. The van der Waals surface area contributed by atoms with E-state index in [1.165, 1.54) is 56.2 Å². The van der Waals surface area contributed by atoms with Gasteiger partial charge in [-0.2, -0.15) is 18.3 Å². The number of hydrogen-bond acceptors (Lipinski definition) is 6. The minimum Gasteiger partial charge on any atom is -0.481 e. The molecule has 4 rings (SSSR count). The summed E-state index contributed by atoms with van der Waals surface area (Å²) in [5, 5.41) is 6.64. The number of alkyl halides is 3. The van der Waals surface area contributed by atoms with Gasteiger partial charge in [0.2, 0.25) is 5.88 Å². The molecule has 11 heteroatoms. The average molecular weight is 440 g/mol. The van der Waals surface area contributed by atoms with Crippen LogP contribution in [0.15, 0.2) is 67.3 Å². The molecule has 0 saturated heterocycles. The van der Waals surface area contributed by atoms with E-state index in [9.17, 15) is 18.0 Å². The maximum Gasteiger partial charge on any atom is 0.433 e. The van der Waals surface area contributed by atoms with Crippen molar-refractivity contribution in [3.8, 4) is 22.8 Å². The first kappa shape index (κ1) is 21.0. The molecule has 0 atom stereocenters. The van der Waals surface area contributed by atoms with Crippen molar-refractivity contribution in [2.75, 3.05) is 12.4 Å². The zero-order chi connectivity index (χ0) is 22.7. The average Bonchev–Trinajstić information content (AvgIpc) is 3.26. The van der Waals surface area contributed by atoms with E-state index in [1.807, 2.05) is 0 Å². The molecular weight excluding hydrogens is 425 g/mol. The van der Waals surface area contributed by atoms with E-state index in [0.29, 0.717) is 11.4 Å². The number of methoxy groups -OCH3 is 1. The van der Waals surface area contributed by atoms with Crippen LogP contribution in [0.25, 0.3) is 16.9 Å². The van der Waals surface area contributed by atoms with Crippen molar-refractivity contribution >= 4 is 11.7 Å². The predicted molar refractivity (Wildman–Crippen MR) is 108 cm³/mol. The van der Waals surface area contributed by atoms with Gasteiger partial charge in [0.15, 0.2) is 0 Å². The molecule has 4 heterocycles. The van der Waals surface area contributed by atoms with Crippen molar-refractivity contribution in [1.82, 2.24) is 24.7 Å². The molecule has 32 heavy (non-hydrogen) atoms. The number of ether oxygens (including phenoxy) is 1.